The van der Waals surface area contributed by atoms with Gasteiger partial charge < -0.3 is 10.1 Å². The minimum absolute atomic E-state index is 0.278. The van der Waals surface area contributed by atoms with Crippen molar-refractivity contribution in [2.45, 2.75) is 20.0 Å². The Labute approximate surface area is 155 Å². The van der Waals surface area contributed by atoms with Gasteiger partial charge in [0.05, 0.1) is 11.6 Å². The molecule has 0 unspecified atom stereocenters. The van der Waals surface area contributed by atoms with E-state index in [0.29, 0.717) is 17.0 Å². The van der Waals surface area contributed by atoms with Crippen molar-refractivity contribution in [1.29, 1.82) is 5.26 Å². The van der Waals surface area contributed by atoms with E-state index in [2.05, 4.69) is 10.3 Å². The molecule has 1 amide bonds. The summed E-state index contributed by atoms with van der Waals surface area (Å²) in [6.45, 7) is 3.64. The summed E-state index contributed by atoms with van der Waals surface area (Å²) < 4.78 is 5.71. The predicted octanol–water partition coefficient (Wildman–Crippen LogP) is 4.40. The normalized spacial score (nSPS) is 11.4. The predicted molar refractivity (Wildman–Crippen MR) is 102 cm³/mol. The molecule has 5 nitrogen and oxygen atoms in total. The highest BCUT2D eigenvalue weighted by Crippen LogP contribution is 2.26. The van der Waals surface area contributed by atoms with Gasteiger partial charge in [-0.2, -0.15) is 5.26 Å². The maximum absolute atomic E-state index is 12.3. The van der Waals surface area contributed by atoms with Crippen LogP contribution in [0, 0.1) is 18.3 Å². The number of rotatable bonds is 5. The van der Waals surface area contributed by atoms with Crippen molar-refractivity contribution >= 4 is 22.9 Å². The number of aryl methyl sites for hydroxylation is 1. The first-order valence-electron chi connectivity index (χ1n) is 8.05. The lowest BCUT2D eigenvalue weighted by Gasteiger charge is -2.15. The number of nitriles is 1. The second-order valence-corrected chi connectivity index (χ2v) is 6.62. The van der Waals surface area contributed by atoms with Crippen molar-refractivity contribution in [3.8, 4) is 22.4 Å². The van der Waals surface area contributed by atoms with Crippen LogP contribution in [0.3, 0.4) is 0 Å². The molecule has 1 atom stereocenters. The van der Waals surface area contributed by atoms with Crippen molar-refractivity contribution < 1.29 is 9.53 Å². The molecule has 26 heavy (non-hydrogen) atoms. The van der Waals surface area contributed by atoms with Crippen LogP contribution >= 0.6 is 11.3 Å². The zero-order valence-corrected chi connectivity index (χ0v) is 15.2. The van der Waals surface area contributed by atoms with Gasteiger partial charge in [0.2, 0.25) is 0 Å². The molecule has 0 aliphatic carbocycles. The molecular formula is C20H17N3O2S. The summed E-state index contributed by atoms with van der Waals surface area (Å²) in [5.41, 5.74) is 3.07. The number of amides is 1. The van der Waals surface area contributed by atoms with Crippen molar-refractivity contribution in [3.05, 3.63) is 65.2 Å². The molecule has 3 aromatic rings. The highest BCUT2D eigenvalue weighted by Gasteiger charge is 2.15. The number of benzene rings is 2. The molecule has 0 saturated heterocycles. The van der Waals surface area contributed by atoms with Gasteiger partial charge in [0.1, 0.15) is 10.8 Å². The maximum Gasteiger partial charge on any atom is 0.265 e. The van der Waals surface area contributed by atoms with Gasteiger partial charge >= 0.3 is 0 Å². The van der Waals surface area contributed by atoms with Crippen LogP contribution in [-0.2, 0) is 4.79 Å². The number of carbonyl (C=O) groups is 1. The Morgan fingerprint density at radius 3 is 2.69 bits per heavy atom. The molecule has 6 heteroatoms. The fourth-order valence-corrected chi connectivity index (χ4v) is 3.13. The SMILES string of the molecule is Cc1csc(-c2ccc(O[C@H](C)C(=O)Nc3cccc(C#N)c3)cc2)n1. The number of ether oxygens (including phenoxy) is 1. The Hall–Kier alpha value is -3.17. The minimum atomic E-state index is -0.673. The van der Waals surface area contributed by atoms with Gasteiger partial charge in [0, 0.05) is 22.3 Å². The Morgan fingerprint density at radius 1 is 1.27 bits per heavy atom. The maximum atomic E-state index is 12.3. The van der Waals surface area contributed by atoms with E-state index in [0.717, 1.165) is 16.3 Å². The summed E-state index contributed by atoms with van der Waals surface area (Å²) in [7, 11) is 0. The Bertz CT molecular complexity index is 958. The highest BCUT2D eigenvalue weighted by molar-refractivity contribution is 7.13. The largest absolute Gasteiger partial charge is 0.481 e. The van der Waals surface area contributed by atoms with E-state index in [1.165, 1.54) is 0 Å². The van der Waals surface area contributed by atoms with Crippen LogP contribution in [0.15, 0.2) is 53.9 Å². The van der Waals surface area contributed by atoms with E-state index in [-0.39, 0.29) is 5.91 Å². The summed E-state index contributed by atoms with van der Waals surface area (Å²) >= 11 is 1.59. The van der Waals surface area contributed by atoms with Crippen molar-refractivity contribution in [1.82, 2.24) is 4.98 Å². The third kappa shape index (κ3) is 4.26. The molecule has 130 valence electrons. The van der Waals surface area contributed by atoms with Crippen LogP contribution in [0.1, 0.15) is 18.2 Å². The van der Waals surface area contributed by atoms with Gasteiger partial charge in [-0.1, -0.05) is 6.07 Å². The van der Waals surface area contributed by atoms with Gasteiger partial charge in [0.25, 0.3) is 5.91 Å². The van der Waals surface area contributed by atoms with E-state index in [9.17, 15) is 4.79 Å². The first-order chi connectivity index (χ1) is 12.5. The summed E-state index contributed by atoms with van der Waals surface area (Å²) in [4.78, 5) is 16.7. The number of aromatic nitrogens is 1. The van der Waals surface area contributed by atoms with Gasteiger partial charge in [0.15, 0.2) is 6.10 Å². The van der Waals surface area contributed by atoms with Gasteiger partial charge in [-0.25, -0.2) is 4.98 Å². The lowest BCUT2D eigenvalue weighted by Crippen LogP contribution is -2.30. The Morgan fingerprint density at radius 2 is 2.04 bits per heavy atom. The van der Waals surface area contributed by atoms with Crippen LogP contribution in [0.5, 0.6) is 5.75 Å². The summed E-state index contributed by atoms with van der Waals surface area (Å²) in [5, 5.41) is 14.6. The molecule has 0 radical (unpaired) electrons. The van der Waals surface area contributed by atoms with E-state index < -0.39 is 6.10 Å². The van der Waals surface area contributed by atoms with E-state index in [4.69, 9.17) is 10.00 Å². The molecule has 1 N–H and O–H groups in total. The molecule has 0 fully saturated rings. The molecule has 0 spiro atoms. The van der Waals surface area contributed by atoms with Crippen molar-refractivity contribution in [2.24, 2.45) is 0 Å². The fraction of sp³-hybridized carbons (Fsp3) is 0.150. The summed E-state index contributed by atoms with van der Waals surface area (Å²) in [6, 6.07) is 16.3. The van der Waals surface area contributed by atoms with Gasteiger partial charge in [-0.15, -0.1) is 11.3 Å². The third-order valence-corrected chi connectivity index (χ3v) is 4.67. The molecule has 0 aliphatic rings. The molecule has 0 aliphatic heterocycles. The van der Waals surface area contributed by atoms with Crippen LogP contribution in [-0.4, -0.2) is 17.0 Å². The molecule has 3 rings (SSSR count). The summed E-state index contributed by atoms with van der Waals surface area (Å²) in [5.74, 6) is 0.329. The third-order valence-electron chi connectivity index (χ3n) is 3.66. The van der Waals surface area contributed by atoms with Gasteiger partial charge in [-0.05, 0) is 56.3 Å². The average Bonchev–Trinajstić information content (AvgIpc) is 3.09. The standard InChI is InChI=1S/C20H17N3O2S/c1-13-12-26-20(22-13)16-6-8-18(9-7-16)25-14(2)19(24)23-17-5-3-4-15(10-17)11-21/h3-10,12,14H,1-2H3,(H,23,24)/t14-/m1/s1. The quantitative estimate of drug-likeness (QED) is 0.729. The number of anilines is 1. The molecule has 2 aromatic carbocycles. The second-order valence-electron chi connectivity index (χ2n) is 5.76. The van der Waals surface area contributed by atoms with Crippen LogP contribution < -0.4 is 10.1 Å². The molecule has 0 bridgehead atoms. The molecular weight excluding hydrogens is 346 g/mol. The van der Waals surface area contributed by atoms with E-state index >= 15 is 0 Å². The lowest BCUT2D eigenvalue weighted by molar-refractivity contribution is -0.122. The van der Waals surface area contributed by atoms with E-state index in [1.54, 1.807) is 42.5 Å². The average molecular weight is 363 g/mol. The number of hydrogen-bond donors (Lipinski definition) is 1. The number of carbonyl (C=O) groups excluding carboxylic acids is 1. The fourth-order valence-electron chi connectivity index (χ4n) is 2.33. The first kappa shape index (κ1) is 17.6. The first-order valence-corrected chi connectivity index (χ1v) is 8.93. The van der Waals surface area contributed by atoms with E-state index in [1.807, 2.05) is 42.6 Å². The molecule has 1 heterocycles. The number of nitrogens with one attached hydrogen (secondary N) is 1. The van der Waals surface area contributed by atoms with Crippen molar-refractivity contribution in [3.63, 3.8) is 0 Å². The molecule has 0 saturated carbocycles. The number of nitrogens with zero attached hydrogens (tertiary/aromatic N) is 2. The van der Waals surface area contributed by atoms with Crippen LogP contribution in [0.25, 0.3) is 10.6 Å². The number of thiazole rings is 1. The Kier molecular flexibility index (Phi) is 5.30. The second kappa shape index (κ2) is 7.81. The zero-order chi connectivity index (χ0) is 18.5. The monoisotopic (exact) mass is 363 g/mol. The van der Waals surface area contributed by atoms with Crippen LogP contribution in [0.2, 0.25) is 0 Å². The number of hydrogen-bond acceptors (Lipinski definition) is 5. The lowest BCUT2D eigenvalue weighted by atomic mass is 10.2. The minimum Gasteiger partial charge on any atom is -0.481 e. The molecule has 1 aromatic heterocycles. The van der Waals surface area contributed by atoms with Crippen LogP contribution in [0.4, 0.5) is 5.69 Å². The topological polar surface area (TPSA) is 75.0 Å². The Balaban J connectivity index is 1.62. The summed E-state index contributed by atoms with van der Waals surface area (Å²) in [6.07, 6.45) is -0.673. The van der Waals surface area contributed by atoms with Crippen molar-refractivity contribution in [2.75, 3.05) is 5.32 Å². The van der Waals surface area contributed by atoms with Gasteiger partial charge in [-0.3, -0.25) is 4.79 Å². The smallest absolute Gasteiger partial charge is 0.265 e. The zero-order valence-electron chi connectivity index (χ0n) is 14.4. The highest BCUT2D eigenvalue weighted by atomic mass is 32.1.